The Kier molecular flexibility index (Phi) is 7.28. The van der Waals surface area contributed by atoms with Crippen LogP contribution in [0.5, 0.6) is 0 Å². The minimum atomic E-state index is -3.19. The van der Waals surface area contributed by atoms with Crippen LogP contribution in [0, 0.1) is 0 Å². The van der Waals surface area contributed by atoms with E-state index in [4.69, 9.17) is 0 Å². The average Bonchev–Trinajstić information content (AvgIpc) is 2.33. The molecule has 84 valence electrons. The van der Waals surface area contributed by atoms with E-state index in [1.807, 2.05) is 11.8 Å². The molecule has 0 radical (unpaired) electrons. The molecule has 1 saturated heterocycles. The van der Waals surface area contributed by atoms with Gasteiger partial charge in [-0.3, -0.25) is 4.79 Å². The fourth-order valence-corrected chi connectivity index (χ4v) is 3.30. The highest BCUT2D eigenvalue weighted by Crippen LogP contribution is 2.27. The van der Waals surface area contributed by atoms with E-state index < -0.39 is 9.05 Å². The molecule has 0 aromatic heterocycles. The molecule has 0 aromatic rings. The molecule has 0 aromatic carbocycles. The maximum absolute atomic E-state index is 10.6. The summed E-state index contributed by atoms with van der Waals surface area (Å²) in [6.45, 7) is 1.65. The summed E-state index contributed by atoms with van der Waals surface area (Å²) in [6, 6.07) is 0. The molecule has 1 aliphatic rings. The van der Waals surface area contributed by atoms with Gasteiger partial charge in [-0.15, -0.1) is 0 Å². The molecule has 0 saturated carbocycles. The molecular formula is C7H13ClO3S3. The van der Waals surface area contributed by atoms with Crippen LogP contribution in [0.4, 0.5) is 0 Å². The first-order valence-corrected chi connectivity index (χ1v) is 8.69. The molecule has 1 heterocycles. The Labute approximate surface area is 97.8 Å². The summed E-state index contributed by atoms with van der Waals surface area (Å²) in [7, 11) is 1.31. The predicted molar refractivity (Wildman–Crippen MR) is 64.7 cm³/mol. The van der Waals surface area contributed by atoms with Crippen LogP contribution in [0.15, 0.2) is 0 Å². The summed E-state index contributed by atoms with van der Waals surface area (Å²) in [4.78, 5) is 10.6. The molecule has 1 aliphatic heterocycles. The van der Waals surface area contributed by atoms with Crippen molar-refractivity contribution < 1.29 is 13.2 Å². The third kappa shape index (κ3) is 12.6. The molecule has 1 atom stereocenters. The lowest BCUT2D eigenvalue weighted by Gasteiger charge is -2.01. The number of carbonyl (C=O) groups is 1. The zero-order valence-corrected chi connectivity index (χ0v) is 11.2. The smallest absolute Gasteiger partial charge is 0.229 e. The average molecular weight is 277 g/mol. The highest BCUT2D eigenvalue weighted by atomic mass is 35.7. The van der Waals surface area contributed by atoms with Gasteiger partial charge in [0.15, 0.2) is 5.12 Å². The van der Waals surface area contributed by atoms with Crippen molar-refractivity contribution in [1.82, 2.24) is 0 Å². The quantitative estimate of drug-likeness (QED) is 0.685. The molecule has 3 nitrogen and oxygen atoms in total. The van der Waals surface area contributed by atoms with Gasteiger partial charge in [0.1, 0.15) is 0 Å². The molecule has 1 rings (SSSR count). The van der Waals surface area contributed by atoms with E-state index in [1.165, 1.54) is 29.7 Å². The van der Waals surface area contributed by atoms with Crippen molar-refractivity contribution in [2.75, 3.05) is 17.8 Å². The molecule has 0 amide bonds. The second kappa shape index (κ2) is 6.98. The minimum Gasteiger partial charge on any atom is -0.288 e. The summed E-state index contributed by atoms with van der Waals surface area (Å²) in [6.07, 6.45) is 2.14. The van der Waals surface area contributed by atoms with Gasteiger partial charge in [0.05, 0.1) is 6.26 Å². The molecule has 0 N–H and O–H groups in total. The lowest BCUT2D eigenvalue weighted by molar-refractivity contribution is -0.109. The van der Waals surface area contributed by atoms with E-state index in [1.54, 1.807) is 6.92 Å². The maximum atomic E-state index is 10.6. The SMILES string of the molecule is CC(=O)SC1CCSC1.CS(=O)(=O)Cl. The molecule has 1 fully saturated rings. The Balaban J connectivity index is 0.000000292. The summed E-state index contributed by atoms with van der Waals surface area (Å²) >= 11 is 3.45. The van der Waals surface area contributed by atoms with E-state index >= 15 is 0 Å². The predicted octanol–water partition coefficient (Wildman–Crippen LogP) is 1.96. The van der Waals surface area contributed by atoms with Crippen LogP contribution < -0.4 is 0 Å². The van der Waals surface area contributed by atoms with Crippen LogP contribution in [0.2, 0.25) is 0 Å². The third-order valence-corrected chi connectivity index (χ3v) is 3.66. The number of hydrogen-bond donors (Lipinski definition) is 0. The molecule has 0 spiro atoms. The van der Waals surface area contributed by atoms with Gasteiger partial charge in [-0.25, -0.2) is 8.42 Å². The van der Waals surface area contributed by atoms with Crippen molar-refractivity contribution in [2.45, 2.75) is 18.6 Å². The summed E-state index contributed by atoms with van der Waals surface area (Å²) in [5.41, 5.74) is 0. The van der Waals surface area contributed by atoms with Crippen molar-refractivity contribution in [3.63, 3.8) is 0 Å². The highest BCUT2D eigenvalue weighted by Gasteiger charge is 2.16. The van der Waals surface area contributed by atoms with Crippen LogP contribution in [0.3, 0.4) is 0 Å². The van der Waals surface area contributed by atoms with Crippen molar-refractivity contribution in [2.24, 2.45) is 0 Å². The fourth-order valence-electron chi connectivity index (χ4n) is 0.841. The van der Waals surface area contributed by atoms with Gasteiger partial charge >= 0.3 is 0 Å². The van der Waals surface area contributed by atoms with Crippen LogP contribution in [0.25, 0.3) is 0 Å². The largest absolute Gasteiger partial charge is 0.288 e. The van der Waals surface area contributed by atoms with E-state index in [-0.39, 0.29) is 5.12 Å². The van der Waals surface area contributed by atoms with Gasteiger partial charge in [0.25, 0.3) is 0 Å². The topological polar surface area (TPSA) is 51.2 Å². The standard InChI is InChI=1S/C6H10OS2.CH3ClO2S/c1-5(7)9-6-2-3-8-4-6;1-5(2,3)4/h6H,2-4H2,1H3;1H3. The molecule has 7 heteroatoms. The van der Waals surface area contributed by atoms with Crippen LogP contribution in [0.1, 0.15) is 13.3 Å². The lowest BCUT2D eigenvalue weighted by atomic mass is 10.4. The number of rotatable bonds is 1. The van der Waals surface area contributed by atoms with Gasteiger partial charge in [-0.2, -0.15) is 11.8 Å². The van der Waals surface area contributed by atoms with Crippen LogP contribution in [-0.2, 0) is 13.8 Å². The molecular weight excluding hydrogens is 264 g/mol. The first-order valence-electron chi connectivity index (χ1n) is 3.93. The zero-order chi connectivity index (χ0) is 11.2. The minimum absolute atomic E-state index is 0.266. The van der Waals surface area contributed by atoms with E-state index in [0.29, 0.717) is 5.25 Å². The third-order valence-electron chi connectivity index (χ3n) is 1.22. The number of hydrogen-bond acceptors (Lipinski definition) is 5. The highest BCUT2D eigenvalue weighted by molar-refractivity contribution is 8.15. The summed E-state index contributed by atoms with van der Waals surface area (Å²) < 4.78 is 18.8. The second-order valence-electron chi connectivity index (χ2n) is 2.78. The zero-order valence-electron chi connectivity index (χ0n) is 8.03. The Morgan fingerprint density at radius 3 is 2.36 bits per heavy atom. The van der Waals surface area contributed by atoms with Gasteiger partial charge in [-0.1, -0.05) is 11.8 Å². The monoisotopic (exact) mass is 276 g/mol. The Hall–Kier alpha value is 0.610. The van der Waals surface area contributed by atoms with Crippen LogP contribution >= 0.6 is 34.2 Å². The van der Waals surface area contributed by atoms with Crippen molar-refractivity contribution >= 4 is 48.4 Å². The number of halogens is 1. The molecule has 1 unspecified atom stereocenters. The van der Waals surface area contributed by atoms with Gasteiger partial charge in [0.2, 0.25) is 9.05 Å². The maximum Gasteiger partial charge on any atom is 0.229 e. The normalized spacial score (nSPS) is 21.2. The van der Waals surface area contributed by atoms with E-state index in [0.717, 1.165) is 6.26 Å². The van der Waals surface area contributed by atoms with Crippen molar-refractivity contribution in [3.8, 4) is 0 Å². The summed E-state index contributed by atoms with van der Waals surface area (Å²) in [5.74, 6) is 2.41. The van der Waals surface area contributed by atoms with Crippen molar-refractivity contribution in [1.29, 1.82) is 0 Å². The molecule has 0 bridgehead atoms. The number of thioether (sulfide) groups is 2. The fraction of sp³-hybridized carbons (Fsp3) is 0.857. The van der Waals surface area contributed by atoms with Crippen LogP contribution in [-0.4, -0.2) is 36.5 Å². The van der Waals surface area contributed by atoms with Gasteiger partial charge < -0.3 is 0 Å². The van der Waals surface area contributed by atoms with Crippen molar-refractivity contribution in [3.05, 3.63) is 0 Å². The molecule has 0 aliphatic carbocycles. The van der Waals surface area contributed by atoms with Gasteiger partial charge in [-0.05, 0) is 12.2 Å². The van der Waals surface area contributed by atoms with Gasteiger partial charge in [0, 0.05) is 28.6 Å². The Bertz CT molecular complexity index is 262. The summed E-state index contributed by atoms with van der Waals surface area (Å²) in [5, 5.41) is 0.884. The lowest BCUT2D eigenvalue weighted by Crippen LogP contribution is -2.01. The van der Waals surface area contributed by atoms with E-state index in [9.17, 15) is 13.2 Å². The number of carbonyl (C=O) groups excluding carboxylic acids is 1. The van der Waals surface area contributed by atoms with E-state index in [2.05, 4.69) is 10.7 Å². The second-order valence-corrected chi connectivity index (χ2v) is 8.45. The Morgan fingerprint density at radius 2 is 2.07 bits per heavy atom. The first kappa shape index (κ1) is 14.6. The first-order chi connectivity index (χ1) is 6.29. The Morgan fingerprint density at radius 1 is 1.57 bits per heavy atom. The molecule has 14 heavy (non-hydrogen) atoms.